The van der Waals surface area contributed by atoms with Crippen molar-refractivity contribution >= 4 is 0 Å². The van der Waals surface area contributed by atoms with Crippen molar-refractivity contribution in [1.82, 2.24) is 9.80 Å². The molecule has 0 aromatic heterocycles. The molecule has 4 nitrogen and oxygen atoms in total. The number of likely N-dealkylation sites (tertiary alicyclic amines) is 1. The predicted octanol–water partition coefficient (Wildman–Crippen LogP) is 2.60. The summed E-state index contributed by atoms with van der Waals surface area (Å²) in [7, 11) is 3.90. The summed E-state index contributed by atoms with van der Waals surface area (Å²) in [5, 5.41) is 18.3. The van der Waals surface area contributed by atoms with Crippen LogP contribution in [0.15, 0.2) is 47.2 Å². The van der Waals surface area contributed by atoms with Crippen molar-refractivity contribution in [1.29, 1.82) is 10.5 Å². The molecule has 1 aliphatic rings. The van der Waals surface area contributed by atoms with Gasteiger partial charge in [0.15, 0.2) is 0 Å². The van der Waals surface area contributed by atoms with Crippen LogP contribution in [0.4, 0.5) is 0 Å². The summed E-state index contributed by atoms with van der Waals surface area (Å²) < 4.78 is 0. The first-order chi connectivity index (χ1) is 10.5. The summed E-state index contributed by atoms with van der Waals surface area (Å²) in [5.41, 5.74) is 4.62. The second-order valence-corrected chi connectivity index (χ2v) is 5.83. The molecule has 1 heterocycles. The van der Waals surface area contributed by atoms with E-state index in [4.69, 9.17) is 10.5 Å². The molecule has 1 aromatic carbocycles. The molecular formula is C18H20N4. The molecule has 0 spiro atoms. The van der Waals surface area contributed by atoms with Gasteiger partial charge < -0.3 is 4.90 Å². The quantitative estimate of drug-likeness (QED) is 0.804. The molecule has 0 radical (unpaired) electrons. The Labute approximate surface area is 132 Å². The molecule has 0 N–H and O–H groups in total. The molecule has 0 saturated carbocycles. The van der Waals surface area contributed by atoms with Gasteiger partial charge in [-0.15, -0.1) is 0 Å². The monoisotopic (exact) mass is 292 g/mol. The Balaban J connectivity index is 2.26. The molecule has 1 aliphatic heterocycles. The van der Waals surface area contributed by atoms with Gasteiger partial charge in [0.05, 0.1) is 0 Å². The minimum Gasteiger partial charge on any atom is -0.383 e. The van der Waals surface area contributed by atoms with Crippen LogP contribution in [0.25, 0.3) is 0 Å². The average molecular weight is 292 g/mol. The van der Waals surface area contributed by atoms with Gasteiger partial charge in [-0.3, -0.25) is 4.90 Å². The summed E-state index contributed by atoms with van der Waals surface area (Å²) >= 11 is 0. The standard InChI is InChI=1S/C18H20N4/c1-14-5-4-6-15(7-14)10-22-12-17(11-21(2)3)18(13-22)16(8-19)9-20/h4-7,11H,10,12-13H2,1-3H3/b17-11-. The van der Waals surface area contributed by atoms with E-state index in [1.54, 1.807) is 0 Å². The zero-order valence-corrected chi connectivity index (χ0v) is 13.3. The smallest absolute Gasteiger partial charge is 0.134 e. The number of nitriles is 2. The van der Waals surface area contributed by atoms with E-state index in [1.165, 1.54) is 11.1 Å². The Hall–Kier alpha value is -2.56. The minimum absolute atomic E-state index is 0.222. The van der Waals surface area contributed by atoms with Crippen molar-refractivity contribution in [2.75, 3.05) is 27.2 Å². The van der Waals surface area contributed by atoms with Gasteiger partial charge in [-0.05, 0) is 18.1 Å². The lowest BCUT2D eigenvalue weighted by molar-refractivity contribution is 0.346. The van der Waals surface area contributed by atoms with E-state index >= 15 is 0 Å². The third-order valence-electron chi connectivity index (χ3n) is 3.59. The van der Waals surface area contributed by atoms with Crippen molar-refractivity contribution in [3.05, 3.63) is 58.3 Å². The zero-order valence-electron chi connectivity index (χ0n) is 13.3. The first kappa shape index (κ1) is 15.8. The molecule has 112 valence electrons. The number of nitrogens with zero attached hydrogens (tertiary/aromatic N) is 4. The Kier molecular flexibility index (Phi) is 4.99. The highest BCUT2D eigenvalue weighted by Gasteiger charge is 2.25. The summed E-state index contributed by atoms with van der Waals surface area (Å²) in [6.45, 7) is 4.30. The van der Waals surface area contributed by atoms with Gasteiger partial charge in [0.25, 0.3) is 0 Å². The fourth-order valence-corrected chi connectivity index (χ4v) is 2.73. The second kappa shape index (κ2) is 6.93. The van der Waals surface area contributed by atoms with Crippen molar-refractivity contribution in [2.24, 2.45) is 0 Å². The van der Waals surface area contributed by atoms with E-state index in [1.807, 2.05) is 37.3 Å². The topological polar surface area (TPSA) is 54.1 Å². The Morgan fingerprint density at radius 3 is 2.59 bits per heavy atom. The van der Waals surface area contributed by atoms with Crippen LogP contribution in [0.1, 0.15) is 11.1 Å². The molecular weight excluding hydrogens is 272 g/mol. The van der Waals surface area contributed by atoms with Crippen LogP contribution in [0.5, 0.6) is 0 Å². The first-order valence-corrected chi connectivity index (χ1v) is 7.22. The second-order valence-electron chi connectivity index (χ2n) is 5.83. The average Bonchev–Trinajstić information content (AvgIpc) is 2.82. The van der Waals surface area contributed by atoms with Gasteiger partial charge in [-0.2, -0.15) is 10.5 Å². The van der Waals surface area contributed by atoms with Crippen LogP contribution in [-0.4, -0.2) is 37.0 Å². The third kappa shape index (κ3) is 3.75. The maximum Gasteiger partial charge on any atom is 0.134 e. The molecule has 1 saturated heterocycles. The van der Waals surface area contributed by atoms with Crippen LogP contribution >= 0.6 is 0 Å². The summed E-state index contributed by atoms with van der Waals surface area (Å²) in [6.07, 6.45) is 2.00. The van der Waals surface area contributed by atoms with Crippen molar-refractivity contribution in [2.45, 2.75) is 13.5 Å². The van der Waals surface area contributed by atoms with Gasteiger partial charge in [0.1, 0.15) is 17.7 Å². The summed E-state index contributed by atoms with van der Waals surface area (Å²) in [5.74, 6) is 0. The predicted molar refractivity (Wildman–Crippen MR) is 86.5 cm³/mol. The minimum atomic E-state index is 0.222. The van der Waals surface area contributed by atoms with E-state index in [0.717, 1.165) is 24.2 Å². The van der Waals surface area contributed by atoms with Crippen LogP contribution in [0, 0.1) is 29.6 Å². The van der Waals surface area contributed by atoms with Crippen molar-refractivity contribution in [3.8, 4) is 12.1 Å². The normalized spacial score (nSPS) is 16.4. The first-order valence-electron chi connectivity index (χ1n) is 7.22. The molecule has 22 heavy (non-hydrogen) atoms. The maximum atomic E-state index is 9.16. The van der Waals surface area contributed by atoms with Gasteiger partial charge in [-0.25, -0.2) is 0 Å². The van der Waals surface area contributed by atoms with Crippen molar-refractivity contribution in [3.63, 3.8) is 0 Å². The molecule has 0 unspecified atom stereocenters. The molecule has 4 heteroatoms. The number of rotatable bonds is 3. The van der Waals surface area contributed by atoms with E-state index in [-0.39, 0.29) is 5.57 Å². The van der Waals surface area contributed by atoms with E-state index in [2.05, 4.69) is 36.1 Å². The SMILES string of the molecule is Cc1cccc(CN2CC(=C(C#N)C#N)/C(=C\N(C)C)C2)c1. The van der Waals surface area contributed by atoms with Crippen LogP contribution in [-0.2, 0) is 6.54 Å². The number of benzene rings is 1. The third-order valence-corrected chi connectivity index (χ3v) is 3.59. The maximum absolute atomic E-state index is 9.16. The Bertz CT molecular complexity index is 683. The molecule has 0 bridgehead atoms. The molecule has 0 amide bonds. The summed E-state index contributed by atoms with van der Waals surface area (Å²) in [6, 6.07) is 12.5. The van der Waals surface area contributed by atoms with Crippen LogP contribution in [0.3, 0.4) is 0 Å². The number of allylic oxidation sites excluding steroid dienone is 1. The highest BCUT2D eigenvalue weighted by Crippen LogP contribution is 2.26. The van der Waals surface area contributed by atoms with E-state index < -0.39 is 0 Å². The fourth-order valence-electron chi connectivity index (χ4n) is 2.73. The lowest BCUT2D eigenvalue weighted by atomic mass is 10.1. The largest absolute Gasteiger partial charge is 0.383 e. The number of hydrogen-bond donors (Lipinski definition) is 0. The van der Waals surface area contributed by atoms with Crippen LogP contribution in [0.2, 0.25) is 0 Å². The van der Waals surface area contributed by atoms with Gasteiger partial charge in [0, 0.05) is 45.5 Å². The summed E-state index contributed by atoms with van der Waals surface area (Å²) in [4.78, 5) is 4.21. The fraction of sp³-hybridized carbons (Fsp3) is 0.333. The van der Waals surface area contributed by atoms with Gasteiger partial charge in [0.2, 0.25) is 0 Å². The molecule has 0 atom stereocenters. The zero-order chi connectivity index (χ0) is 16.1. The molecule has 1 aromatic rings. The van der Waals surface area contributed by atoms with E-state index in [9.17, 15) is 0 Å². The molecule has 2 rings (SSSR count). The highest BCUT2D eigenvalue weighted by atomic mass is 15.1. The molecule has 0 aliphatic carbocycles. The Morgan fingerprint density at radius 1 is 1.27 bits per heavy atom. The molecule has 1 fully saturated rings. The highest BCUT2D eigenvalue weighted by molar-refractivity contribution is 5.52. The lowest BCUT2D eigenvalue weighted by Crippen LogP contribution is -2.19. The van der Waals surface area contributed by atoms with E-state index in [0.29, 0.717) is 6.54 Å². The van der Waals surface area contributed by atoms with Gasteiger partial charge in [-0.1, -0.05) is 29.8 Å². The Morgan fingerprint density at radius 2 is 2.00 bits per heavy atom. The van der Waals surface area contributed by atoms with Crippen molar-refractivity contribution < 1.29 is 0 Å². The number of aryl methyl sites for hydroxylation is 1. The lowest BCUT2D eigenvalue weighted by Gasteiger charge is -2.14. The number of hydrogen-bond acceptors (Lipinski definition) is 4. The van der Waals surface area contributed by atoms with Crippen LogP contribution < -0.4 is 0 Å². The van der Waals surface area contributed by atoms with Gasteiger partial charge >= 0.3 is 0 Å².